The van der Waals surface area contributed by atoms with E-state index in [-0.39, 0.29) is 11.8 Å². The summed E-state index contributed by atoms with van der Waals surface area (Å²) in [4.78, 5) is 27.2. The van der Waals surface area contributed by atoms with Gasteiger partial charge in [-0.3, -0.25) is 9.59 Å². The van der Waals surface area contributed by atoms with Crippen molar-refractivity contribution in [3.05, 3.63) is 111 Å². The molecule has 5 rings (SSSR count). The van der Waals surface area contributed by atoms with Crippen LogP contribution < -0.4 is 10.3 Å². The maximum absolute atomic E-state index is 13.0. The van der Waals surface area contributed by atoms with E-state index in [1.807, 2.05) is 72.8 Å². The normalized spacial score (nSPS) is 12.7. The first-order chi connectivity index (χ1) is 15.6. The Balaban J connectivity index is 1.29. The summed E-state index contributed by atoms with van der Waals surface area (Å²) >= 11 is 2.22. The molecule has 0 saturated carbocycles. The molecule has 0 spiro atoms. The Morgan fingerprint density at radius 1 is 0.938 bits per heavy atom. The highest BCUT2D eigenvalue weighted by Gasteiger charge is 2.29. The molecule has 0 bridgehead atoms. The zero-order valence-electron chi connectivity index (χ0n) is 17.0. The van der Waals surface area contributed by atoms with Crippen LogP contribution in [0.15, 0.2) is 90.0 Å². The van der Waals surface area contributed by atoms with Crippen LogP contribution in [0.4, 0.5) is 5.69 Å². The number of hydrogen-bond donors (Lipinski definition) is 1. The molecule has 32 heavy (non-hydrogen) atoms. The van der Waals surface area contributed by atoms with Crippen molar-refractivity contribution in [2.45, 2.75) is 6.54 Å². The third kappa shape index (κ3) is 3.78. The van der Waals surface area contributed by atoms with Gasteiger partial charge in [-0.2, -0.15) is 5.10 Å². The maximum Gasteiger partial charge on any atom is 0.271 e. The number of hydrazone groups is 1. The van der Waals surface area contributed by atoms with Crippen molar-refractivity contribution in [3.63, 3.8) is 0 Å². The highest BCUT2D eigenvalue weighted by atomic mass is 127. The van der Waals surface area contributed by atoms with Crippen LogP contribution >= 0.6 is 22.6 Å². The second-order valence-electron chi connectivity index (χ2n) is 7.49. The lowest BCUT2D eigenvalue weighted by molar-refractivity contribution is 0.0953. The molecule has 5 nitrogen and oxygen atoms in total. The van der Waals surface area contributed by atoms with E-state index >= 15 is 0 Å². The molecule has 0 fully saturated rings. The molecule has 2 amide bonds. The highest BCUT2D eigenvalue weighted by molar-refractivity contribution is 14.1. The van der Waals surface area contributed by atoms with Crippen molar-refractivity contribution in [1.82, 2.24) is 5.43 Å². The predicted molar refractivity (Wildman–Crippen MR) is 135 cm³/mol. The Morgan fingerprint density at radius 3 is 2.47 bits per heavy atom. The number of nitrogens with zero attached hydrogens (tertiary/aromatic N) is 2. The lowest BCUT2D eigenvalue weighted by Gasteiger charge is -2.18. The van der Waals surface area contributed by atoms with Crippen LogP contribution in [0.25, 0.3) is 10.8 Å². The van der Waals surface area contributed by atoms with Crippen LogP contribution in [-0.4, -0.2) is 18.0 Å². The lowest BCUT2D eigenvalue weighted by atomic mass is 10.1. The Labute approximate surface area is 198 Å². The molecular weight excluding hydrogens is 513 g/mol. The summed E-state index contributed by atoms with van der Waals surface area (Å²) in [7, 11) is 0. The average molecular weight is 531 g/mol. The van der Waals surface area contributed by atoms with Gasteiger partial charge in [0.05, 0.1) is 18.4 Å². The second kappa shape index (κ2) is 8.55. The molecular formula is C26H18IN3O2. The fraction of sp³-hybridized carbons (Fsp3) is 0.0385. The fourth-order valence-corrected chi connectivity index (χ4v) is 4.41. The largest absolute Gasteiger partial charge is 0.303 e. The number of rotatable bonds is 5. The number of nitrogens with one attached hydrogen (secondary N) is 1. The fourth-order valence-electron chi connectivity index (χ4n) is 3.89. The minimum atomic E-state index is -0.284. The monoisotopic (exact) mass is 531 g/mol. The van der Waals surface area contributed by atoms with E-state index in [0.29, 0.717) is 12.1 Å². The molecule has 6 heteroatoms. The third-order valence-electron chi connectivity index (χ3n) is 5.48. The quantitative estimate of drug-likeness (QED) is 0.214. The zero-order valence-corrected chi connectivity index (χ0v) is 19.1. The number of carbonyl (C=O) groups is 2. The van der Waals surface area contributed by atoms with Gasteiger partial charge in [0.1, 0.15) is 0 Å². The van der Waals surface area contributed by atoms with Crippen LogP contribution in [0.5, 0.6) is 0 Å². The highest BCUT2D eigenvalue weighted by Crippen LogP contribution is 2.37. The van der Waals surface area contributed by atoms with Gasteiger partial charge in [0.15, 0.2) is 0 Å². The van der Waals surface area contributed by atoms with Crippen LogP contribution in [0.1, 0.15) is 31.8 Å². The number of halogens is 1. The maximum atomic E-state index is 13.0. The van der Waals surface area contributed by atoms with E-state index < -0.39 is 0 Å². The first-order valence-electron chi connectivity index (χ1n) is 10.1. The van der Waals surface area contributed by atoms with Crippen LogP contribution in [0.2, 0.25) is 0 Å². The molecule has 1 aliphatic rings. The summed E-state index contributed by atoms with van der Waals surface area (Å²) in [6.07, 6.45) is 1.63. The molecule has 0 atom stereocenters. The second-order valence-corrected chi connectivity index (χ2v) is 8.65. The molecule has 1 N–H and O–H groups in total. The van der Waals surface area contributed by atoms with Crippen LogP contribution in [0.3, 0.4) is 0 Å². The molecule has 1 heterocycles. The van der Waals surface area contributed by atoms with E-state index in [0.717, 1.165) is 36.7 Å². The molecule has 156 valence electrons. The van der Waals surface area contributed by atoms with Gasteiger partial charge in [0.2, 0.25) is 0 Å². The first kappa shape index (κ1) is 20.4. The topological polar surface area (TPSA) is 61.8 Å². The van der Waals surface area contributed by atoms with Gasteiger partial charge in [0, 0.05) is 25.6 Å². The van der Waals surface area contributed by atoms with E-state index in [1.54, 1.807) is 23.2 Å². The van der Waals surface area contributed by atoms with E-state index in [9.17, 15) is 9.59 Å². The van der Waals surface area contributed by atoms with Crippen molar-refractivity contribution in [1.29, 1.82) is 0 Å². The van der Waals surface area contributed by atoms with Gasteiger partial charge in [-0.25, -0.2) is 5.43 Å². The summed E-state index contributed by atoms with van der Waals surface area (Å²) in [6.45, 7) is 0.444. The molecule has 0 radical (unpaired) electrons. The zero-order chi connectivity index (χ0) is 22.1. The third-order valence-corrected chi connectivity index (χ3v) is 6.46. The van der Waals surface area contributed by atoms with Gasteiger partial charge in [-0.1, -0.05) is 54.6 Å². The Kier molecular flexibility index (Phi) is 5.45. The minimum absolute atomic E-state index is 0.00324. The molecule has 0 saturated heterocycles. The Morgan fingerprint density at radius 2 is 1.69 bits per heavy atom. The minimum Gasteiger partial charge on any atom is -0.303 e. The summed E-state index contributed by atoms with van der Waals surface area (Å²) in [5.74, 6) is -0.281. The molecule has 1 aliphatic heterocycles. The summed E-state index contributed by atoms with van der Waals surface area (Å²) in [6, 6.07) is 26.8. The summed E-state index contributed by atoms with van der Waals surface area (Å²) in [5, 5.41) is 6.12. The number of amides is 2. The van der Waals surface area contributed by atoms with Crippen molar-refractivity contribution in [2.24, 2.45) is 5.10 Å². The number of anilines is 1. The molecule has 0 unspecified atom stereocenters. The van der Waals surface area contributed by atoms with Crippen LogP contribution in [-0.2, 0) is 6.54 Å². The Hall–Kier alpha value is -3.52. The molecule has 0 aromatic heterocycles. The SMILES string of the molecule is O=C(N/N=C\c1ccccc1I)c1ccc(CN2C(=O)c3cccc4cccc2c34)cc1. The number of hydrogen-bond acceptors (Lipinski definition) is 3. The standard InChI is InChI=1S/C26H18IN3O2/c27-22-9-2-1-5-20(22)15-28-29-25(31)19-13-11-17(12-14-19)16-30-23-10-4-7-18-6-3-8-21(24(18)23)26(30)32/h1-15H,16H2,(H,29,31)/b28-15-. The molecule has 4 aromatic rings. The molecule has 4 aromatic carbocycles. The van der Waals surface area contributed by atoms with E-state index in [1.165, 1.54) is 0 Å². The summed E-state index contributed by atoms with van der Waals surface area (Å²) < 4.78 is 1.06. The Bertz CT molecular complexity index is 1370. The average Bonchev–Trinajstić information content (AvgIpc) is 3.09. The van der Waals surface area contributed by atoms with Crippen molar-refractivity contribution >= 4 is 57.1 Å². The van der Waals surface area contributed by atoms with E-state index in [4.69, 9.17) is 0 Å². The lowest BCUT2D eigenvalue weighted by Crippen LogP contribution is -2.26. The summed E-state index contributed by atoms with van der Waals surface area (Å²) in [5.41, 5.74) is 6.62. The van der Waals surface area contributed by atoms with Crippen molar-refractivity contribution in [2.75, 3.05) is 4.90 Å². The van der Waals surface area contributed by atoms with Gasteiger partial charge in [0.25, 0.3) is 11.8 Å². The van der Waals surface area contributed by atoms with Gasteiger partial charge >= 0.3 is 0 Å². The predicted octanol–water partition coefficient (Wildman–Crippen LogP) is 5.37. The van der Waals surface area contributed by atoms with Crippen LogP contribution in [0, 0.1) is 3.57 Å². The van der Waals surface area contributed by atoms with Crippen molar-refractivity contribution < 1.29 is 9.59 Å². The smallest absolute Gasteiger partial charge is 0.271 e. The first-order valence-corrected chi connectivity index (χ1v) is 11.2. The van der Waals surface area contributed by atoms with Gasteiger partial charge in [-0.05, 0) is 63.9 Å². The van der Waals surface area contributed by atoms with E-state index in [2.05, 4.69) is 33.1 Å². The molecule has 0 aliphatic carbocycles. The number of benzene rings is 4. The van der Waals surface area contributed by atoms with Gasteiger partial charge in [-0.15, -0.1) is 0 Å². The number of carbonyl (C=O) groups excluding carboxylic acids is 2. The van der Waals surface area contributed by atoms with Gasteiger partial charge < -0.3 is 4.90 Å². The van der Waals surface area contributed by atoms with Crippen molar-refractivity contribution in [3.8, 4) is 0 Å².